The van der Waals surface area contributed by atoms with Gasteiger partial charge in [0.25, 0.3) is 0 Å². The molecule has 0 aromatic rings. The molecule has 0 unspecified atom stereocenters. The van der Waals surface area contributed by atoms with Crippen LogP contribution in [0.15, 0.2) is 0 Å². The van der Waals surface area contributed by atoms with Crippen LogP contribution in [0.5, 0.6) is 0 Å². The zero-order valence-corrected chi connectivity index (χ0v) is 5.20. The first kappa shape index (κ1) is 461. The molecule has 0 heterocycles. The normalized spacial score (nSPS) is 0. The van der Waals surface area contributed by atoms with Gasteiger partial charge in [-0.2, -0.15) is 0 Å². The summed E-state index contributed by atoms with van der Waals surface area (Å²) in [5.74, 6) is 0. The van der Waals surface area contributed by atoms with Crippen molar-refractivity contribution in [3.8, 4) is 0 Å². The predicted octanol–water partition coefficient (Wildman–Crippen LogP) is -9.11. The molecule has 0 saturated carbocycles. The number of hydrogen-bond acceptors (Lipinski definition) is 0. The Hall–Kier alpha value is 0.490. The van der Waals surface area contributed by atoms with Gasteiger partial charge in [-0.3, -0.25) is 0 Å². The maximum atomic E-state index is 0. The summed E-state index contributed by atoms with van der Waals surface area (Å²) in [4.78, 5) is 0. The van der Waals surface area contributed by atoms with Crippen LogP contribution >= 0.6 is 0 Å². The number of hydrogen-bond donors (Lipinski definition) is 0. The van der Waals surface area contributed by atoms with E-state index in [9.17, 15) is 0 Å². The Kier molecular flexibility index (Phi) is 21000. The van der Waals surface area contributed by atoms with Crippen molar-refractivity contribution < 1.29 is 42.0 Å². The molecular formula is F3OTa. The second kappa shape index (κ2) is 228. The molecule has 1 nitrogen and oxygen atoms in total. The standard InChI is InChI=1S/3FH.O.Ta/h3*1H;;/q;;;-2;+5/p-3. The van der Waals surface area contributed by atoms with E-state index in [0.717, 1.165) is 0 Å². The molecule has 0 aliphatic heterocycles. The summed E-state index contributed by atoms with van der Waals surface area (Å²) in [6.07, 6.45) is 0. The molecule has 0 aliphatic rings. The molecule has 0 radical (unpaired) electrons. The first-order valence-electron chi connectivity index (χ1n) is 0. The maximum absolute atomic E-state index is 0. The molecule has 0 rings (SSSR count). The summed E-state index contributed by atoms with van der Waals surface area (Å²) < 4.78 is 0. The Bertz CT molecular complexity index is 6.85. The predicted molar refractivity (Wildman–Crippen MR) is 0.686 cm³/mol. The minimum Gasteiger partial charge on any atom is -2.00 e. The molecule has 5 heavy (non-hydrogen) atoms. The largest absolute Gasteiger partial charge is 5.00 e. The average Bonchev–Trinajstić information content (AvgIpc) is 0. The van der Waals surface area contributed by atoms with Crippen molar-refractivity contribution in [2.75, 3.05) is 0 Å². The van der Waals surface area contributed by atoms with Gasteiger partial charge in [-0.05, 0) is 0 Å². The van der Waals surface area contributed by atoms with Crippen LogP contribution in [0.4, 0.5) is 0 Å². The molecule has 0 aliphatic carbocycles. The van der Waals surface area contributed by atoms with Crippen LogP contribution in [0.25, 0.3) is 0 Å². The molecule has 32 valence electrons. The van der Waals surface area contributed by atoms with Gasteiger partial charge >= 0.3 is 22.4 Å². The smallest absolute Gasteiger partial charge is 2.00 e. The summed E-state index contributed by atoms with van der Waals surface area (Å²) >= 11 is 0. The van der Waals surface area contributed by atoms with E-state index >= 15 is 0 Å². The van der Waals surface area contributed by atoms with E-state index in [1.54, 1.807) is 0 Å². The summed E-state index contributed by atoms with van der Waals surface area (Å²) in [6.45, 7) is 0. The monoisotopic (exact) mass is 254 g/mol. The fraction of sp³-hybridized carbons (Fsp3) is 0. The Morgan fingerprint density at radius 1 is 0.600 bits per heavy atom. The van der Waals surface area contributed by atoms with E-state index < -0.39 is 0 Å². The molecule has 0 bridgehead atoms. The van der Waals surface area contributed by atoms with Crippen molar-refractivity contribution in [3.05, 3.63) is 0 Å². The molecule has 0 N–H and O–H groups in total. The zero-order valence-electron chi connectivity index (χ0n) is 1.99. The first-order valence-corrected chi connectivity index (χ1v) is 0. The van der Waals surface area contributed by atoms with Crippen LogP contribution in [0, 0.1) is 0 Å². The van der Waals surface area contributed by atoms with Crippen LogP contribution in [0.1, 0.15) is 0 Å². The van der Waals surface area contributed by atoms with Crippen LogP contribution < -0.4 is 14.1 Å². The van der Waals surface area contributed by atoms with Gasteiger partial charge in [0.05, 0.1) is 0 Å². The van der Waals surface area contributed by atoms with Crippen molar-refractivity contribution >= 4 is 0 Å². The summed E-state index contributed by atoms with van der Waals surface area (Å²) in [5, 5.41) is 0. The Morgan fingerprint density at radius 2 is 0.600 bits per heavy atom. The number of rotatable bonds is 0. The van der Waals surface area contributed by atoms with Gasteiger partial charge in [-0.15, -0.1) is 0 Å². The second-order valence-electron chi connectivity index (χ2n) is 0. The van der Waals surface area contributed by atoms with Crippen molar-refractivity contribution in [2.24, 2.45) is 0 Å². The van der Waals surface area contributed by atoms with E-state index in [-0.39, 0.29) is 42.0 Å². The fourth-order valence-corrected chi connectivity index (χ4v) is 0. The molecule has 0 aromatic heterocycles. The third kappa shape index (κ3) is 116. The van der Waals surface area contributed by atoms with Gasteiger partial charge < -0.3 is 19.6 Å². The van der Waals surface area contributed by atoms with E-state index in [2.05, 4.69) is 0 Å². The summed E-state index contributed by atoms with van der Waals surface area (Å²) in [6, 6.07) is 0. The van der Waals surface area contributed by atoms with Gasteiger partial charge in [-0.25, -0.2) is 0 Å². The average molecular weight is 254 g/mol. The van der Waals surface area contributed by atoms with Crippen LogP contribution in [0.3, 0.4) is 0 Å². The summed E-state index contributed by atoms with van der Waals surface area (Å²) in [7, 11) is 0. The molecule has 0 amide bonds. The Labute approximate surface area is 42.7 Å². The molecule has 0 atom stereocenters. The Morgan fingerprint density at radius 3 is 0.600 bits per heavy atom. The van der Waals surface area contributed by atoms with Gasteiger partial charge in [0.2, 0.25) is 0 Å². The SMILES string of the molecule is [F-].[F-].[F-].[O-2].[Ta+5]. The molecule has 0 spiro atoms. The van der Waals surface area contributed by atoms with Gasteiger partial charge in [-0.1, -0.05) is 0 Å². The summed E-state index contributed by atoms with van der Waals surface area (Å²) in [5.41, 5.74) is 0. The second-order valence-corrected chi connectivity index (χ2v) is 0. The van der Waals surface area contributed by atoms with E-state index in [0.29, 0.717) is 0 Å². The Balaban J connectivity index is 0. The maximum Gasteiger partial charge on any atom is 5.00 e. The van der Waals surface area contributed by atoms with Crippen LogP contribution in [0.2, 0.25) is 0 Å². The van der Waals surface area contributed by atoms with Gasteiger partial charge in [0, 0.05) is 0 Å². The third-order valence-electron chi connectivity index (χ3n) is 0. The fourth-order valence-electron chi connectivity index (χ4n) is 0. The van der Waals surface area contributed by atoms with Crippen molar-refractivity contribution in [1.82, 2.24) is 0 Å². The molecular weight excluding hydrogens is 254 g/mol. The van der Waals surface area contributed by atoms with Crippen molar-refractivity contribution in [2.45, 2.75) is 0 Å². The topological polar surface area (TPSA) is 28.5 Å². The molecule has 0 fully saturated rings. The van der Waals surface area contributed by atoms with Gasteiger partial charge in [0.15, 0.2) is 0 Å². The van der Waals surface area contributed by atoms with Crippen molar-refractivity contribution in [3.63, 3.8) is 0 Å². The zero-order chi connectivity index (χ0) is 0. The first-order chi connectivity index (χ1) is 0. The van der Waals surface area contributed by atoms with E-state index in [1.165, 1.54) is 0 Å². The van der Waals surface area contributed by atoms with Crippen molar-refractivity contribution in [1.29, 1.82) is 0 Å². The van der Waals surface area contributed by atoms with Gasteiger partial charge in [0.1, 0.15) is 0 Å². The van der Waals surface area contributed by atoms with E-state index in [4.69, 9.17) is 0 Å². The minimum atomic E-state index is 0. The van der Waals surface area contributed by atoms with Crippen LogP contribution in [-0.2, 0) is 27.9 Å². The minimum absolute atomic E-state index is 0. The molecule has 5 heteroatoms. The molecule has 0 saturated heterocycles. The molecule has 0 aromatic carbocycles. The van der Waals surface area contributed by atoms with E-state index in [1.807, 2.05) is 0 Å². The number of halogens is 3. The van der Waals surface area contributed by atoms with Crippen LogP contribution in [-0.4, -0.2) is 0 Å². The third-order valence-corrected chi connectivity index (χ3v) is 0. The quantitative estimate of drug-likeness (QED) is 0.411.